The number of hydrogen-bond acceptors (Lipinski definition) is 16. The fraction of sp³-hybridized carbons (Fsp3) is 0.667. The maximum absolute atomic E-state index is 12.1. The molecule has 0 heterocycles. The summed E-state index contributed by atoms with van der Waals surface area (Å²) in [7, 11) is -3.77. The molecule has 0 radical (unpaired) electrons. The lowest BCUT2D eigenvalue weighted by atomic mass is 10.2. The van der Waals surface area contributed by atoms with E-state index in [0.29, 0.717) is 131 Å². The van der Waals surface area contributed by atoms with Gasteiger partial charge in [-0.3, -0.25) is 4.18 Å². The van der Waals surface area contributed by atoms with Gasteiger partial charge >= 0.3 is 5.97 Å². The summed E-state index contributed by atoms with van der Waals surface area (Å²) in [6.45, 7) is 11.5. The molecule has 0 amide bonds. The van der Waals surface area contributed by atoms with Crippen molar-refractivity contribution in [2.24, 2.45) is 0 Å². The van der Waals surface area contributed by atoms with Crippen LogP contribution in [0.2, 0.25) is 0 Å². The second-order valence-corrected chi connectivity index (χ2v) is 13.3. The minimum atomic E-state index is -3.77. The fourth-order valence-electron chi connectivity index (χ4n) is 4.35. The standard InChI is InChI=1S/C39H63NO15S/c1-2-3-13-40-37-11-9-36(10-12-37)39(41)54-34-32-52-30-28-50-26-24-48-22-20-46-18-16-44-14-15-45-17-19-47-21-23-49-25-27-51-29-31-53-33-35-55-56(42,43)38-7-5-4-6-8-38/h4-12,40H,2-3,13-35H2,1H3. The third kappa shape index (κ3) is 27.8. The van der Waals surface area contributed by atoms with E-state index in [4.69, 9.17) is 56.3 Å². The van der Waals surface area contributed by atoms with E-state index < -0.39 is 10.1 Å². The van der Waals surface area contributed by atoms with E-state index >= 15 is 0 Å². The Balaban J connectivity index is 1.18. The molecular formula is C39H63NO15S. The molecule has 0 fully saturated rings. The van der Waals surface area contributed by atoms with Gasteiger partial charge in [0.1, 0.15) is 6.61 Å². The lowest BCUT2D eigenvalue weighted by Gasteiger charge is -2.09. The van der Waals surface area contributed by atoms with Crippen LogP contribution in [0.1, 0.15) is 30.1 Å². The zero-order chi connectivity index (χ0) is 40.0. The van der Waals surface area contributed by atoms with Crippen molar-refractivity contribution in [2.75, 3.05) is 157 Å². The van der Waals surface area contributed by atoms with Crippen LogP contribution in [0.3, 0.4) is 0 Å². The predicted molar refractivity (Wildman–Crippen MR) is 208 cm³/mol. The van der Waals surface area contributed by atoms with Crippen LogP contribution in [-0.4, -0.2) is 166 Å². The number of esters is 1. The quantitative estimate of drug-likeness (QED) is 0.0586. The first-order valence-corrected chi connectivity index (χ1v) is 20.7. The lowest BCUT2D eigenvalue weighted by molar-refractivity contribution is -0.0273. The smallest absolute Gasteiger partial charge is 0.338 e. The highest BCUT2D eigenvalue weighted by Gasteiger charge is 2.14. The van der Waals surface area contributed by atoms with Gasteiger partial charge in [-0.2, -0.15) is 8.42 Å². The Morgan fingerprint density at radius 2 is 0.839 bits per heavy atom. The molecule has 0 atom stereocenters. The van der Waals surface area contributed by atoms with E-state index in [1.54, 1.807) is 30.3 Å². The number of rotatable bonds is 40. The highest BCUT2D eigenvalue weighted by atomic mass is 32.2. The molecule has 0 unspecified atom stereocenters. The van der Waals surface area contributed by atoms with Crippen LogP contribution in [0.25, 0.3) is 0 Å². The molecule has 0 aromatic heterocycles. The van der Waals surface area contributed by atoms with Gasteiger partial charge in [0, 0.05) is 12.2 Å². The van der Waals surface area contributed by atoms with Crippen LogP contribution in [0.15, 0.2) is 59.5 Å². The van der Waals surface area contributed by atoms with E-state index in [1.165, 1.54) is 12.1 Å². The van der Waals surface area contributed by atoms with Gasteiger partial charge in [0.25, 0.3) is 10.1 Å². The lowest BCUT2D eigenvalue weighted by Crippen LogP contribution is -2.16. The van der Waals surface area contributed by atoms with Crippen molar-refractivity contribution < 1.29 is 69.5 Å². The Kier molecular flexibility index (Phi) is 31.2. The van der Waals surface area contributed by atoms with Crippen molar-refractivity contribution >= 4 is 21.8 Å². The molecular weight excluding hydrogens is 754 g/mol. The number of nitrogens with one attached hydrogen (secondary N) is 1. The summed E-state index contributed by atoms with van der Waals surface area (Å²) >= 11 is 0. The summed E-state index contributed by atoms with van der Waals surface area (Å²) in [5.41, 5.74) is 1.50. The molecule has 17 heteroatoms. The van der Waals surface area contributed by atoms with Crippen LogP contribution < -0.4 is 5.32 Å². The summed E-state index contributed by atoms with van der Waals surface area (Å²) in [5.74, 6) is -0.369. The number of unbranched alkanes of at least 4 members (excludes halogenated alkanes) is 1. The average Bonchev–Trinajstić information content (AvgIpc) is 3.21. The molecule has 16 nitrogen and oxygen atoms in total. The van der Waals surface area contributed by atoms with Crippen molar-refractivity contribution in [3.63, 3.8) is 0 Å². The third-order valence-corrected chi connectivity index (χ3v) is 8.61. The molecule has 320 valence electrons. The number of carbonyl (C=O) groups excluding carboxylic acids is 1. The third-order valence-electron chi connectivity index (χ3n) is 7.29. The molecule has 0 saturated carbocycles. The van der Waals surface area contributed by atoms with Crippen LogP contribution in [-0.2, 0) is 66.4 Å². The molecule has 0 aliphatic heterocycles. The molecule has 0 spiro atoms. The first-order valence-electron chi connectivity index (χ1n) is 19.3. The van der Waals surface area contributed by atoms with E-state index in [9.17, 15) is 13.2 Å². The Labute approximate surface area is 332 Å². The molecule has 0 saturated heterocycles. The molecule has 56 heavy (non-hydrogen) atoms. The first kappa shape index (κ1) is 49.4. The molecule has 0 aliphatic carbocycles. The van der Waals surface area contributed by atoms with Gasteiger partial charge in [0.15, 0.2) is 0 Å². The number of carbonyl (C=O) groups is 1. The topological polar surface area (TPSA) is 174 Å². The van der Waals surface area contributed by atoms with Gasteiger partial charge in [-0.1, -0.05) is 31.5 Å². The van der Waals surface area contributed by atoms with Crippen molar-refractivity contribution in [3.8, 4) is 0 Å². The summed E-state index contributed by atoms with van der Waals surface area (Å²) in [6.07, 6.45) is 2.23. The van der Waals surface area contributed by atoms with Crippen molar-refractivity contribution in [3.05, 3.63) is 60.2 Å². The van der Waals surface area contributed by atoms with E-state index in [0.717, 1.165) is 25.1 Å². The maximum atomic E-state index is 12.1. The van der Waals surface area contributed by atoms with Crippen LogP contribution >= 0.6 is 0 Å². The SMILES string of the molecule is CCCCNc1ccc(C(=O)OCCOCCOCCOCCOCCOCCOCCOCCOCCOCCOCCOS(=O)(=O)c2ccccc2)cc1. The van der Waals surface area contributed by atoms with Crippen LogP contribution in [0.5, 0.6) is 0 Å². The van der Waals surface area contributed by atoms with Gasteiger partial charge in [-0.15, -0.1) is 0 Å². The number of hydrogen-bond donors (Lipinski definition) is 1. The van der Waals surface area contributed by atoms with Crippen LogP contribution in [0.4, 0.5) is 5.69 Å². The number of ether oxygens (including phenoxy) is 11. The number of benzene rings is 2. The van der Waals surface area contributed by atoms with Crippen molar-refractivity contribution in [1.29, 1.82) is 0 Å². The normalized spacial score (nSPS) is 11.6. The van der Waals surface area contributed by atoms with Crippen molar-refractivity contribution in [2.45, 2.75) is 24.7 Å². The molecule has 1 N–H and O–H groups in total. The monoisotopic (exact) mass is 817 g/mol. The molecule has 2 rings (SSSR count). The van der Waals surface area contributed by atoms with E-state index in [1.807, 2.05) is 12.1 Å². The molecule has 0 bridgehead atoms. The summed E-state index contributed by atoms with van der Waals surface area (Å²) in [6, 6.07) is 15.2. The molecule has 2 aromatic rings. The largest absolute Gasteiger partial charge is 0.460 e. The Morgan fingerprint density at radius 1 is 0.482 bits per heavy atom. The van der Waals surface area contributed by atoms with Gasteiger partial charge in [0.05, 0.1) is 149 Å². The van der Waals surface area contributed by atoms with Gasteiger partial charge in [-0.05, 0) is 42.8 Å². The zero-order valence-corrected chi connectivity index (χ0v) is 33.7. The summed E-state index contributed by atoms with van der Waals surface area (Å²) < 4.78 is 88.7. The van der Waals surface area contributed by atoms with Gasteiger partial charge in [-0.25, -0.2) is 4.79 Å². The predicted octanol–water partition coefficient (Wildman–Crippen LogP) is 3.63. The second-order valence-electron chi connectivity index (χ2n) is 11.7. The zero-order valence-electron chi connectivity index (χ0n) is 32.9. The Bertz CT molecular complexity index is 1290. The molecule has 2 aromatic carbocycles. The fourth-order valence-corrected chi connectivity index (χ4v) is 5.26. The highest BCUT2D eigenvalue weighted by Crippen LogP contribution is 2.12. The van der Waals surface area contributed by atoms with Crippen molar-refractivity contribution in [1.82, 2.24) is 0 Å². The average molecular weight is 818 g/mol. The summed E-state index contributed by atoms with van der Waals surface area (Å²) in [5, 5.41) is 3.31. The van der Waals surface area contributed by atoms with E-state index in [2.05, 4.69) is 12.2 Å². The van der Waals surface area contributed by atoms with E-state index in [-0.39, 0.29) is 30.7 Å². The maximum Gasteiger partial charge on any atom is 0.338 e. The van der Waals surface area contributed by atoms with Gasteiger partial charge < -0.3 is 57.4 Å². The van der Waals surface area contributed by atoms with Gasteiger partial charge in [0.2, 0.25) is 0 Å². The van der Waals surface area contributed by atoms with Crippen LogP contribution in [0, 0.1) is 0 Å². The highest BCUT2D eigenvalue weighted by molar-refractivity contribution is 7.86. The summed E-state index contributed by atoms with van der Waals surface area (Å²) in [4.78, 5) is 12.3. The Morgan fingerprint density at radius 3 is 1.21 bits per heavy atom. The second kappa shape index (κ2) is 35.4. The first-order chi connectivity index (χ1) is 27.5. The minimum absolute atomic E-state index is 0.0646. The number of anilines is 1. The Hall–Kier alpha value is -2.78. The molecule has 0 aliphatic rings. The minimum Gasteiger partial charge on any atom is -0.460 e.